The molecule has 0 N–H and O–H groups in total. The van der Waals surface area contributed by atoms with Gasteiger partial charge in [-0.1, -0.05) is 54.6 Å². The third-order valence-electron chi connectivity index (χ3n) is 6.01. The number of aliphatic imine (C=N–C) groups is 1. The van der Waals surface area contributed by atoms with Crippen LogP contribution in [0.2, 0.25) is 0 Å². The number of piperidine rings is 1. The van der Waals surface area contributed by atoms with E-state index in [9.17, 15) is 0 Å². The lowest BCUT2D eigenvalue weighted by molar-refractivity contribution is 0.175. The van der Waals surface area contributed by atoms with E-state index in [4.69, 9.17) is 14.5 Å². The van der Waals surface area contributed by atoms with E-state index >= 15 is 0 Å². The van der Waals surface area contributed by atoms with Crippen molar-refractivity contribution in [3.63, 3.8) is 0 Å². The number of ether oxygens (including phenoxy) is 2. The van der Waals surface area contributed by atoms with Crippen LogP contribution in [0, 0.1) is 0 Å². The molecule has 0 saturated carbocycles. The molecule has 3 aromatic rings. The Hall–Kier alpha value is -3.11. The molecule has 0 radical (unpaired) electrons. The normalized spacial score (nSPS) is 16.2. The third kappa shape index (κ3) is 5.57. The van der Waals surface area contributed by atoms with Gasteiger partial charge in [0.2, 0.25) is 0 Å². The van der Waals surface area contributed by atoms with Crippen molar-refractivity contribution in [2.75, 3.05) is 26.8 Å². The number of hydrogen-bond acceptors (Lipinski definition) is 4. The summed E-state index contributed by atoms with van der Waals surface area (Å²) in [4.78, 5) is 7.43. The molecule has 1 heterocycles. The first-order chi connectivity index (χ1) is 15.8. The Bertz CT molecular complexity index is 993. The molecule has 1 saturated heterocycles. The first kappa shape index (κ1) is 22.1. The number of hydrogen-bond donors (Lipinski definition) is 0. The fourth-order valence-electron chi connectivity index (χ4n) is 4.36. The maximum atomic E-state index is 5.66. The summed E-state index contributed by atoms with van der Waals surface area (Å²) in [5, 5.41) is 0. The van der Waals surface area contributed by atoms with Gasteiger partial charge in [0, 0.05) is 19.3 Å². The van der Waals surface area contributed by atoms with Crippen LogP contribution in [0.25, 0.3) is 0 Å². The molecule has 4 rings (SSSR count). The van der Waals surface area contributed by atoms with Crippen LogP contribution in [-0.4, -0.2) is 44.0 Å². The van der Waals surface area contributed by atoms with Crippen molar-refractivity contribution in [3.05, 3.63) is 95.6 Å². The van der Waals surface area contributed by atoms with E-state index in [-0.39, 0.29) is 6.04 Å². The van der Waals surface area contributed by atoms with Crippen LogP contribution < -0.4 is 9.47 Å². The topological polar surface area (TPSA) is 34.1 Å². The fourth-order valence-corrected chi connectivity index (χ4v) is 4.36. The average molecular weight is 429 g/mol. The highest BCUT2D eigenvalue weighted by atomic mass is 16.5. The van der Waals surface area contributed by atoms with Crippen molar-refractivity contribution in [2.45, 2.75) is 31.8 Å². The lowest BCUT2D eigenvalue weighted by atomic mass is 9.93. The van der Waals surface area contributed by atoms with Crippen LogP contribution in [0.3, 0.4) is 0 Å². The van der Waals surface area contributed by atoms with E-state index in [0.29, 0.717) is 12.6 Å². The molecule has 4 heteroatoms. The Morgan fingerprint density at radius 1 is 0.906 bits per heavy atom. The molecule has 1 fully saturated rings. The molecule has 4 nitrogen and oxygen atoms in total. The molecule has 0 aromatic heterocycles. The Morgan fingerprint density at radius 2 is 1.66 bits per heavy atom. The quantitative estimate of drug-likeness (QED) is 0.427. The molecule has 1 unspecified atom stereocenters. The molecular formula is C28H32N2O2. The zero-order valence-electron chi connectivity index (χ0n) is 19.0. The van der Waals surface area contributed by atoms with Gasteiger partial charge in [-0.05, 0) is 60.7 Å². The smallest absolute Gasteiger partial charge is 0.119 e. The minimum absolute atomic E-state index is 0.180. The number of likely N-dealkylation sites (tertiary alicyclic amines) is 1. The van der Waals surface area contributed by atoms with Gasteiger partial charge in [-0.3, -0.25) is 9.89 Å². The Kier molecular flexibility index (Phi) is 7.57. The van der Waals surface area contributed by atoms with Crippen LogP contribution in [0.1, 0.15) is 42.5 Å². The third-order valence-corrected chi connectivity index (χ3v) is 6.01. The average Bonchev–Trinajstić information content (AvgIpc) is 2.86. The summed E-state index contributed by atoms with van der Waals surface area (Å²) in [5.41, 5.74) is 3.69. The SMILES string of the molecule is CCOc1ccc(C(c2cccc(OC)c2)N2CCC(N=Cc3ccccc3)CC2)cc1. The van der Waals surface area contributed by atoms with Gasteiger partial charge in [-0.15, -0.1) is 0 Å². The lowest BCUT2D eigenvalue weighted by Gasteiger charge is -2.37. The summed E-state index contributed by atoms with van der Waals surface area (Å²) < 4.78 is 11.2. The minimum Gasteiger partial charge on any atom is -0.497 e. The Balaban J connectivity index is 1.52. The van der Waals surface area contributed by atoms with Gasteiger partial charge in [0.25, 0.3) is 0 Å². The van der Waals surface area contributed by atoms with Gasteiger partial charge in [0.05, 0.1) is 25.8 Å². The van der Waals surface area contributed by atoms with E-state index in [1.807, 2.05) is 25.3 Å². The predicted molar refractivity (Wildman–Crippen MR) is 131 cm³/mol. The molecule has 3 aromatic carbocycles. The van der Waals surface area contributed by atoms with E-state index in [1.165, 1.54) is 16.7 Å². The lowest BCUT2D eigenvalue weighted by Crippen LogP contribution is -2.38. The van der Waals surface area contributed by atoms with Gasteiger partial charge in [-0.2, -0.15) is 0 Å². The second-order valence-electron chi connectivity index (χ2n) is 8.14. The van der Waals surface area contributed by atoms with Crippen molar-refractivity contribution >= 4 is 6.21 Å². The van der Waals surface area contributed by atoms with Gasteiger partial charge in [-0.25, -0.2) is 0 Å². The maximum absolute atomic E-state index is 5.66. The monoisotopic (exact) mass is 428 g/mol. The van der Waals surface area contributed by atoms with Crippen molar-refractivity contribution in [1.82, 2.24) is 4.90 Å². The summed E-state index contributed by atoms with van der Waals surface area (Å²) in [6.07, 6.45) is 4.13. The van der Waals surface area contributed by atoms with Gasteiger partial charge < -0.3 is 9.47 Å². The van der Waals surface area contributed by atoms with Gasteiger partial charge in [0.15, 0.2) is 0 Å². The maximum Gasteiger partial charge on any atom is 0.119 e. The van der Waals surface area contributed by atoms with Crippen molar-refractivity contribution in [2.24, 2.45) is 4.99 Å². The standard InChI is InChI=1S/C28H32N2O2/c1-3-32-26-14-12-23(13-15-26)28(24-10-7-11-27(20-24)31-2)30-18-16-25(17-19-30)29-21-22-8-5-4-6-9-22/h4-15,20-21,25,28H,3,16-19H2,1-2H3. The van der Waals surface area contributed by atoms with Crippen molar-refractivity contribution in [1.29, 1.82) is 0 Å². The summed E-state index contributed by atoms with van der Waals surface area (Å²) in [6, 6.07) is 27.9. The van der Waals surface area contributed by atoms with Crippen molar-refractivity contribution < 1.29 is 9.47 Å². The molecule has 32 heavy (non-hydrogen) atoms. The number of rotatable bonds is 8. The largest absolute Gasteiger partial charge is 0.497 e. The van der Waals surface area contributed by atoms with Gasteiger partial charge in [0.1, 0.15) is 11.5 Å². The molecule has 0 amide bonds. The number of benzene rings is 3. The molecule has 1 atom stereocenters. The zero-order valence-corrected chi connectivity index (χ0v) is 19.0. The van der Waals surface area contributed by atoms with E-state index in [1.54, 1.807) is 7.11 Å². The molecule has 166 valence electrons. The van der Waals surface area contributed by atoms with Crippen LogP contribution in [0.5, 0.6) is 11.5 Å². The molecule has 1 aliphatic heterocycles. The molecular weight excluding hydrogens is 396 g/mol. The fraction of sp³-hybridized carbons (Fsp3) is 0.321. The van der Waals surface area contributed by atoms with E-state index in [0.717, 1.165) is 37.4 Å². The number of methoxy groups -OCH3 is 1. The zero-order chi connectivity index (χ0) is 22.2. The van der Waals surface area contributed by atoms with E-state index in [2.05, 4.69) is 71.6 Å². The van der Waals surface area contributed by atoms with Crippen LogP contribution in [0.15, 0.2) is 83.9 Å². The molecule has 1 aliphatic rings. The highest BCUT2D eigenvalue weighted by Crippen LogP contribution is 2.34. The van der Waals surface area contributed by atoms with Gasteiger partial charge >= 0.3 is 0 Å². The Labute approximate surface area is 191 Å². The molecule has 0 aliphatic carbocycles. The second-order valence-corrected chi connectivity index (χ2v) is 8.14. The number of nitrogens with zero attached hydrogens (tertiary/aromatic N) is 2. The molecule has 0 bridgehead atoms. The summed E-state index contributed by atoms with van der Waals surface area (Å²) in [7, 11) is 1.72. The Morgan fingerprint density at radius 3 is 2.34 bits per heavy atom. The summed E-state index contributed by atoms with van der Waals surface area (Å²) >= 11 is 0. The highest BCUT2D eigenvalue weighted by Gasteiger charge is 2.27. The van der Waals surface area contributed by atoms with Crippen LogP contribution in [0.4, 0.5) is 0 Å². The predicted octanol–water partition coefficient (Wildman–Crippen LogP) is 5.77. The van der Waals surface area contributed by atoms with Crippen LogP contribution in [-0.2, 0) is 0 Å². The second kappa shape index (κ2) is 11.0. The summed E-state index contributed by atoms with van der Waals surface area (Å²) in [6.45, 7) is 4.70. The molecule has 0 spiro atoms. The van der Waals surface area contributed by atoms with Crippen LogP contribution >= 0.6 is 0 Å². The van der Waals surface area contributed by atoms with E-state index < -0.39 is 0 Å². The first-order valence-electron chi connectivity index (χ1n) is 11.5. The summed E-state index contributed by atoms with van der Waals surface area (Å²) in [5.74, 6) is 1.80. The van der Waals surface area contributed by atoms with Crippen molar-refractivity contribution in [3.8, 4) is 11.5 Å². The minimum atomic E-state index is 0.180. The highest BCUT2D eigenvalue weighted by molar-refractivity contribution is 5.79. The first-order valence-corrected chi connectivity index (χ1v) is 11.5.